The number of ether oxygens (including phenoxy) is 1. The molecule has 0 aliphatic heterocycles. The van der Waals surface area contributed by atoms with Gasteiger partial charge in [-0.2, -0.15) is 0 Å². The van der Waals surface area contributed by atoms with E-state index in [2.05, 4.69) is 5.32 Å². The van der Waals surface area contributed by atoms with Gasteiger partial charge in [0.05, 0.1) is 0 Å². The maximum Gasteiger partial charge on any atom is 0.260 e. The van der Waals surface area contributed by atoms with Crippen molar-refractivity contribution in [3.63, 3.8) is 0 Å². The highest BCUT2D eigenvalue weighted by Crippen LogP contribution is 2.18. The maximum absolute atomic E-state index is 12.4. The minimum absolute atomic E-state index is 0.0917. The Kier molecular flexibility index (Phi) is 6.59. The van der Waals surface area contributed by atoms with E-state index in [-0.39, 0.29) is 11.7 Å². The van der Waals surface area contributed by atoms with Crippen molar-refractivity contribution in [2.75, 3.05) is 6.54 Å². The number of rotatable bonds is 7. The molecule has 0 radical (unpaired) electrons. The molecular formula is C20H22ClNO3. The number of ketones is 1. The standard InChI is InChI=1S/C20H22ClNO3/c1-13(2)12-22-20(24)14(3)25-18-10-6-16(7-11-18)19(23)15-4-8-17(21)9-5-15/h4-11,13-14H,12H2,1-3H3,(H,22,24)/t14-/m0/s1. The van der Waals surface area contributed by atoms with Crippen LogP contribution in [0.1, 0.15) is 36.7 Å². The van der Waals surface area contributed by atoms with E-state index in [1.165, 1.54) is 0 Å². The fourth-order valence-corrected chi connectivity index (χ4v) is 2.28. The third-order valence-corrected chi connectivity index (χ3v) is 3.84. The molecule has 4 nitrogen and oxygen atoms in total. The van der Waals surface area contributed by atoms with E-state index in [1.54, 1.807) is 55.5 Å². The van der Waals surface area contributed by atoms with Gasteiger partial charge >= 0.3 is 0 Å². The first-order valence-corrected chi connectivity index (χ1v) is 8.59. The van der Waals surface area contributed by atoms with Crippen LogP contribution < -0.4 is 10.1 Å². The van der Waals surface area contributed by atoms with Crippen molar-refractivity contribution in [2.24, 2.45) is 5.92 Å². The first-order valence-electron chi connectivity index (χ1n) is 8.21. The lowest BCUT2D eigenvalue weighted by Crippen LogP contribution is -2.38. The average molecular weight is 360 g/mol. The zero-order valence-corrected chi connectivity index (χ0v) is 15.3. The Morgan fingerprint density at radius 3 is 2.00 bits per heavy atom. The van der Waals surface area contributed by atoms with Gasteiger partial charge in [0, 0.05) is 22.7 Å². The summed E-state index contributed by atoms with van der Waals surface area (Å²) >= 11 is 5.84. The van der Waals surface area contributed by atoms with E-state index in [4.69, 9.17) is 16.3 Å². The molecule has 2 aromatic carbocycles. The Hall–Kier alpha value is -2.33. The van der Waals surface area contributed by atoms with Crippen LogP contribution in [0.2, 0.25) is 5.02 Å². The molecule has 2 aromatic rings. The van der Waals surface area contributed by atoms with E-state index in [0.717, 1.165) is 0 Å². The van der Waals surface area contributed by atoms with E-state index in [9.17, 15) is 9.59 Å². The summed E-state index contributed by atoms with van der Waals surface area (Å²) in [5.41, 5.74) is 1.12. The number of halogens is 1. The largest absolute Gasteiger partial charge is 0.481 e. The van der Waals surface area contributed by atoms with Crippen LogP contribution in [0.25, 0.3) is 0 Å². The highest BCUT2D eigenvalue weighted by atomic mass is 35.5. The SMILES string of the molecule is CC(C)CNC(=O)[C@H](C)Oc1ccc(C(=O)c2ccc(Cl)cc2)cc1. The summed E-state index contributed by atoms with van der Waals surface area (Å²) in [6.45, 7) is 6.37. The molecular weight excluding hydrogens is 338 g/mol. The van der Waals surface area contributed by atoms with Crippen molar-refractivity contribution in [1.29, 1.82) is 0 Å². The molecule has 0 aliphatic rings. The van der Waals surface area contributed by atoms with E-state index in [1.807, 2.05) is 13.8 Å². The van der Waals surface area contributed by atoms with Gasteiger partial charge in [-0.1, -0.05) is 25.4 Å². The van der Waals surface area contributed by atoms with Crippen LogP contribution >= 0.6 is 11.6 Å². The van der Waals surface area contributed by atoms with Gasteiger partial charge in [-0.05, 0) is 61.4 Å². The summed E-state index contributed by atoms with van der Waals surface area (Å²) in [7, 11) is 0. The minimum Gasteiger partial charge on any atom is -0.481 e. The van der Waals surface area contributed by atoms with Crippen molar-refractivity contribution < 1.29 is 14.3 Å². The van der Waals surface area contributed by atoms with Gasteiger partial charge in [0.2, 0.25) is 0 Å². The number of hydrogen-bond acceptors (Lipinski definition) is 3. The lowest BCUT2D eigenvalue weighted by molar-refractivity contribution is -0.127. The van der Waals surface area contributed by atoms with Crippen LogP contribution in [0.15, 0.2) is 48.5 Å². The Morgan fingerprint density at radius 1 is 0.960 bits per heavy atom. The predicted molar refractivity (Wildman–Crippen MR) is 99.3 cm³/mol. The van der Waals surface area contributed by atoms with Crippen molar-refractivity contribution in [3.05, 3.63) is 64.7 Å². The van der Waals surface area contributed by atoms with Gasteiger partial charge in [-0.3, -0.25) is 9.59 Å². The smallest absolute Gasteiger partial charge is 0.260 e. The molecule has 0 fully saturated rings. The second-order valence-corrected chi connectivity index (χ2v) is 6.70. The van der Waals surface area contributed by atoms with Crippen molar-refractivity contribution in [3.8, 4) is 5.75 Å². The highest BCUT2D eigenvalue weighted by Gasteiger charge is 2.15. The maximum atomic E-state index is 12.4. The fourth-order valence-electron chi connectivity index (χ4n) is 2.16. The molecule has 0 aliphatic carbocycles. The molecule has 25 heavy (non-hydrogen) atoms. The van der Waals surface area contributed by atoms with Gasteiger partial charge in [-0.25, -0.2) is 0 Å². The number of hydrogen-bond donors (Lipinski definition) is 1. The number of amides is 1. The molecule has 1 amide bonds. The molecule has 0 spiro atoms. The molecule has 1 N–H and O–H groups in total. The predicted octanol–water partition coefficient (Wildman–Crippen LogP) is 4.11. The summed E-state index contributed by atoms with van der Waals surface area (Å²) in [6.07, 6.45) is -0.600. The quantitative estimate of drug-likeness (QED) is 0.757. The fraction of sp³-hybridized carbons (Fsp3) is 0.300. The molecule has 0 bridgehead atoms. The van der Waals surface area contributed by atoms with Crippen LogP contribution in [-0.2, 0) is 4.79 Å². The van der Waals surface area contributed by atoms with Crippen LogP contribution in [0.4, 0.5) is 0 Å². The zero-order chi connectivity index (χ0) is 18.4. The summed E-state index contributed by atoms with van der Waals surface area (Å²) in [5.74, 6) is 0.676. The van der Waals surface area contributed by atoms with Crippen LogP contribution in [0.3, 0.4) is 0 Å². The first-order chi connectivity index (χ1) is 11.9. The van der Waals surface area contributed by atoms with Gasteiger partial charge in [0.25, 0.3) is 5.91 Å². The molecule has 0 heterocycles. The summed E-state index contributed by atoms with van der Waals surface area (Å²) in [6, 6.07) is 13.5. The molecule has 0 saturated carbocycles. The second kappa shape index (κ2) is 8.67. The number of carbonyl (C=O) groups excluding carboxylic acids is 2. The number of nitrogens with one attached hydrogen (secondary N) is 1. The minimum atomic E-state index is -0.600. The molecule has 0 aromatic heterocycles. The van der Waals surface area contributed by atoms with Gasteiger partial charge in [-0.15, -0.1) is 0 Å². The molecule has 0 unspecified atom stereocenters. The summed E-state index contributed by atoms with van der Waals surface area (Å²) < 4.78 is 5.62. The molecule has 5 heteroatoms. The summed E-state index contributed by atoms with van der Waals surface area (Å²) in [4.78, 5) is 24.3. The Bertz CT molecular complexity index is 724. The lowest BCUT2D eigenvalue weighted by atomic mass is 10.0. The van der Waals surface area contributed by atoms with Crippen LogP contribution in [0.5, 0.6) is 5.75 Å². The molecule has 1 atom stereocenters. The topological polar surface area (TPSA) is 55.4 Å². The average Bonchev–Trinajstić information content (AvgIpc) is 2.60. The van der Waals surface area contributed by atoms with Crippen LogP contribution in [-0.4, -0.2) is 24.3 Å². The monoisotopic (exact) mass is 359 g/mol. The Balaban J connectivity index is 1.98. The van der Waals surface area contributed by atoms with Gasteiger partial charge < -0.3 is 10.1 Å². The van der Waals surface area contributed by atoms with Crippen molar-refractivity contribution >= 4 is 23.3 Å². The zero-order valence-electron chi connectivity index (χ0n) is 14.6. The van der Waals surface area contributed by atoms with Crippen molar-refractivity contribution in [2.45, 2.75) is 26.9 Å². The highest BCUT2D eigenvalue weighted by molar-refractivity contribution is 6.30. The van der Waals surface area contributed by atoms with E-state index in [0.29, 0.717) is 34.4 Å². The second-order valence-electron chi connectivity index (χ2n) is 6.26. The third kappa shape index (κ3) is 5.61. The van der Waals surface area contributed by atoms with Crippen molar-refractivity contribution in [1.82, 2.24) is 5.32 Å². The number of carbonyl (C=O) groups is 2. The van der Waals surface area contributed by atoms with Gasteiger partial charge in [0.1, 0.15) is 5.75 Å². The molecule has 132 valence electrons. The molecule has 2 rings (SSSR count). The van der Waals surface area contributed by atoms with E-state index < -0.39 is 6.10 Å². The Labute approximate surface area is 153 Å². The summed E-state index contributed by atoms with van der Waals surface area (Å²) in [5, 5.41) is 3.42. The van der Waals surface area contributed by atoms with Gasteiger partial charge in [0.15, 0.2) is 11.9 Å². The molecule has 0 saturated heterocycles. The third-order valence-electron chi connectivity index (χ3n) is 3.59. The first kappa shape index (κ1) is 19.0. The van der Waals surface area contributed by atoms with Crippen LogP contribution in [0, 0.1) is 5.92 Å². The number of benzene rings is 2. The lowest BCUT2D eigenvalue weighted by Gasteiger charge is -2.15. The normalized spacial score (nSPS) is 11.9. The Morgan fingerprint density at radius 2 is 1.48 bits per heavy atom. The van der Waals surface area contributed by atoms with E-state index >= 15 is 0 Å².